The number of carbonyl (C=O) groups excluding carboxylic acids is 1. The van der Waals surface area contributed by atoms with Crippen LogP contribution in [0.2, 0.25) is 0 Å². The number of furan rings is 1. The fraction of sp³-hybridized carbons (Fsp3) is 0.412. The fourth-order valence-corrected chi connectivity index (χ4v) is 2.45. The number of methoxy groups -OCH3 is 1. The van der Waals surface area contributed by atoms with Gasteiger partial charge >= 0.3 is 5.97 Å². The molecule has 0 spiro atoms. The number of hydrogen-bond donors (Lipinski definition) is 1. The highest BCUT2D eigenvalue weighted by atomic mass is 16.5. The summed E-state index contributed by atoms with van der Waals surface area (Å²) in [4.78, 5) is 24.9. The standard InChI is InChI=1S/C17H21NO5/c1-4-11(2)18(9-17(20)21)16(19)7-12-10-23-15-8-13(22-3)5-6-14(12)15/h5-6,8,10-11H,4,7,9H2,1-3H3,(H,20,21). The van der Waals surface area contributed by atoms with Crippen molar-refractivity contribution in [2.75, 3.05) is 13.7 Å². The molecule has 0 saturated heterocycles. The zero-order valence-corrected chi connectivity index (χ0v) is 13.5. The quantitative estimate of drug-likeness (QED) is 0.848. The predicted molar refractivity (Wildman–Crippen MR) is 85.6 cm³/mol. The molecule has 1 heterocycles. The fourth-order valence-electron chi connectivity index (χ4n) is 2.45. The highest BCUT2D eigenvalue weighted by molar-refractivity contribution is 5.89. The van der Waals surface area contributed by atoms with Crippen LogP contribution in [0.1, 0.15) is 25.8 Å². The minimum atomic E-state index is -1.01. The van der Waals surface area contributed by atoms with Crippen molar-refractivity contribution in [2.24, 2.45) is 0 Å². The van der Waals surface area contributed by atoms with Crippen LogP contribution in [0.25, 0.3) is 11.0 Å². The van der Waals surface area contributed by atoms with E-state index in [2.05, 4.69) is 0 Å². The number of amides is 1. The number of fused-ring (bicyclic) bond motifs is 1. The van der Waals surface area contributed by atoms with E-state index in [-0.39, 0.29) is 24.9 Å². The Hall–Kier alpha value is -2.50. The van der Waals surface area contributed by atoms with Crippen LogP contribution in [0.15, 0.2) is 28.9 Å². The van der Waals surface area contributed by atoms with E-state index in [1.54, 1.807) is 19.2 Å². The summed E-state index contributed by atoms with van der Waals surface area (Å²) in [5.74, 6) is -0.558. The lowest BCUT2D eigenvalue weighted by Gasteiger charge is -2.26. The van der Waals surface area contributed by atoms with E-state index >= 15 is 0 Å². The Morgan fingerprint density at radius 3 is 2.74 bits per heavy atom. The zero-order chi connectivity index (χ0) is 17.0. The van der Waals surface area contributed by atoms with Crippen LogP contribution < -0.4 is 4.74 Å². The molecule has 2 aromatic rings. The molecule has 2 rings (SSSR count). The van der Waals surface area contributed by atoms with E-state index in [1.165, 1.54) is 11.2 Å². The van der Waals surface area contributed by atoms with Gasteiger partial charge in [0.25, 0.3) is 0 Å². The average Bonchev–Trinajstić information content (AvgIpc) is 2.93. The van der Waals surface area contributed by atoms with Gasteiger partial charge in [0.1, 0.15) is 17.9 Å². The second kappa shape index (κ2) is 7.17. The zero-order valence-electron chi connectivity index (χ0n) is 13.5. The molecule has 124 valence electrons. The molecule has 1 unspecified atom stereocenters. The van der Waals surface area contributed by atoms with Gasteiger partial charge in [-0.25, -0.2) is 0 Å². The SMILES string of the molecule is CCC(C)N(CC(=O)O)C(=O)Cc1coc2cc(OC)ccc12. The molecular weight excluding hydrogens is 298 g/mol. The number of benzene rings is 1. The minimum absolute atomic E-state index is 0.108. The molecule has 1 amide bonds. The van der Waals surface area contributed by atoms with E-state index in [9.17, 15) is 9.59 Å². The Labute approximate surface area is 134 Å². The number of carboxylic acids is 1. The van der Waals surface area contributed by atoms with Gasteiger partial charge in [0.05, 0.1) is 19.8 Å². The van der Waals surface area contributed by atoms with Crippen molar-refractivity contribution in [3.05, 3.63) is 30.0 Å². The van der Waals surface area contributed by atoms with Gasteiger partial charge in [0.2, 0.25) is 5.91 Å². The first-order chi connectivity index (χ1) is 11.0. The van der Waals surface area contributed by atoms with Gasteiger partial charge < -0.3 is 19.2 Å². The van der Waals surface area contributed by atoms with Crippen LogP contribution in [0.3, 0.4) is 0 Å². The van der Waals surface area contributed by atoms with Gasteiger partial charge in [0, 0.05) is 23.1 Å². The van der Waals surface area contributed by atoms with Gasteiger partial charge in [-0.1, -0.05) is 6.92 Å². The molecule has 0 radical (unpaired) electrons. The number of ether oxygens (including phenoxy) is 1. The van der Waals surface area contributed by atoms with Crippen molar-refractivity contribution in [3.8, 4) is 5.75 Å². The first-order valence-corrected chi connectivity index (χ1v) is 7.51. The maximum absolute atomic E-state index is 12.5. The molecule has 6 nitrogen and oxygen atoms in total. The van der Waals surface area contributed by atoms with Crippen LogP contribution in [0.4, 0.5) is 0 Å². The molecule has 6 heteroatoms. The number of hydrogen-bond acceptors (Lipinski definition) is 4. The van der Waals surface area contributed by atoms with Gasteiger partial charge in [-0.2, -0.15) is 0 Å². The van der Waals surface area contributed by atoms with E-state index in [1.807, 2.05) is 19.9 Å². The van der Waals surface area contributed by atoms with Crippen molar-refractivity contribution < 1.29 is 23.8 Å². The molecule has 1 aromatic carbocycles. The summed E-state index contributed by atoms with van der Waals surface area (Å²) in [5, 5.41) is 9.84. The van der Waals surface area contributed by atoms with Gasteiger partial charge in [-0.3, -0.25) is 9.59 Å². The summed E-state index contributed by atoms with van der Waals surface area (Å²) in [5.41, 5.74) is 1.38. The highest BCUT2D eigenvalue weighted by Gasteiger charge is 2.23. The molecular formula is C17H21NO5. The van der Waals surface area contributed by atoms with Crippen molar-refractivity contribution in [2.45, 2.75) is 32.7 Å². The average molecular weight is 319 g/mol. The first-order valence-electron chi connectivity index (χ1n) is 7.51. The van der Waals surface area contributed by atoms with Gasteiger partial charge in [-0.05, 0) is 25.5 Å². The Morgan fingerprint density at radius 1 is 1.39 bits per heavy atom. The molecule has 0 fully saturated rings. The number of rotatable bonds is 7. The molecule has 0 aliphatic rings. The number of carboxylic acid groups (broad SMARTS) is 1. The smallest absolute Gasteiger partial charge is 0.323 e. The lowest BCUT2D eigenvalue weighted by Crippen LogP contribution is -2.42. The molecule has 0 aliphatic carbocycles. The molecule has 1 aromatic heterocycles. The number of aliphatic carboxylic acids is 1. The summed E-state index contributed by atoms with van der Waals surface area (Å²) >= 11 is 0. The third-order valence-corrected chi connectivity index (χ3v) is 3.95. The maximum atomic E-state index is 12.5. The van der Waals surface area contributed by atoms with Crippen molar-refractivity contribution >= 4 is 22.8 Å². The highest BCUT2D eigenvalue weighted by Crippen LogP contribution is 2.26. The normalized spacial score (nSPS) is 12.1. The van der Waals surface area contributed by atoms with Crippen LogP contribution >= 0.6 is 0 Å². The molecule has 0 saturated carbocycles. The molecule has 1 N–H and O–H groups in total. The van der Waals surface area contributed by atoms with E-state index < -0.39 is 5.97 Å². The van der Waals surface area contributed by atoms with Crippen LogP contribution in [-0.2, 0) is 16.0 Å². The van der Waals surface area contributed by atoms with Crippen LogP contribution in [0.5, 0.6) is 5.75 Å². The van der Waals surface area contributed by atoms with Gasteiger partial charge in [-0.15, -0.1) is 0 Å². The van der Waals surface area contributed by atoms with Gasteiger partial charge in [0.15, 0.2) is 0 Å². The van der Waals surface area contributed by atoms with E-state index in [4.69, 9.17) is 14.3 Å². The topological polar surface area (TPSA) is 80.0 Å². The van der Waals surface area contributed by atoms with Crippen molar-refractivity contribution in [1.29, 1.82) is 0 Å². The van der Waals surface area contributed by atoms with E-state index in [0.717, 1.165) is 10.9 Å². The number of nitrogens with zero attached hydrogens (tertiary/aromatic N) is 1. The summed E-state index contributed by atoms with van der Waals surface area (Å²) < 4.78 is 10.6. The molecule has 23 heavy (non-hydrogen) atoms. The minimum Gasteiger partial charge on any atom is -0.497 e. The number of carbonyl (C=O) groups is 2. The Balaban J connectivity index is 2.22. The molecule has 0 bridgehead atoms. The summed E-state index contributed by atoms with van der Waals surface area (Å²) in [6.07, 6.45) is 2.34. The summed E-state index contributed by atoms with van der Waals surface area (Å²) in [7, 11) is 1.57. The predicted octanol–water partition coefficient (Wildman–Crippen LogP) is 2.70. The van der Waals surface area contributed by atoms with Crippen LogP contribution in [-0.4, -0.2) is 41.6 Å². The Kier molecular flexibility index (Phi) is 5.26. The summed E-state index contributed by atoms with van der Waals surface area (Å²) in [6, 6.07) is 5.27. The second-order valence-corrected chi connectivity index (χ2v) is 5.47. The monoisotopic (exact) mass is 319 g/mol. The van der Waals surface area contributed by atoms with E-state index in [0.29, 0.717) is 17.8 Å². The second-order valence-electron chi connectivity index (χ2n) is 5.47. The van der Waals surface area contributed by atoms with Crippen LogP contribution in [0, 0.1) is 0 Å². The third-order valence-electron chi connectivity index (χ3n) is 3.95. The summed E-state index contributed by atoms with van der Waals surface area (Å²) in [6.45, 7) is 3.48. The first kappa shape index (κ1) is 16.9. The maximum Gasteiger partial charge on any atom is 0.323 e. The van der Waals surface area contributed by atoms with Crippen molar-refractivity contribution in [3.63, 3.8) is 0 Å². The Morgan fingerprint density at radius 2 is 2.13 bits per heavy atom. The molecule has 0 aliphatic heterocycles. The Bertz CT molecular complexity index is 706. The largest absolute Gasteiger partial charge is 0.497 e. The third kappa shape index (κ3) is 3.83. The van der Waals surface area contributed by atoms with Crippen molar-refractivity contribution in [1.82, 2.24) is 4.90 Å². The lowest BCUT2D eigenvalue weighted by atomic mass is 10.1. The molecule has 1 atom stereocenters. The lowest BCUT2D eigenvalue weighted by molar-refractivity contribution is -0.145.